The molecule has 102 valence electrons. The molecule has 0 rings (SSSR count). The van der Waals surface area contributed by atoms with Crippen LogP contribution in [-0.4, -0.2) is 72.3 Å². The van der Waals surface area contributed by atoms with Gasteiger partial charge in [-0.15, -0.1) is 0 Å². The normalized spacial score (nSPS) is 21.4. The van der Waals surface area contributed by atoms with Gasteiger partial charge in [-0.3, -0.25) is 4.79 Å². The van der Waals surface area contributed by atoms with Crippen LogP contribution in [0.3, 0.4) is 0 Å². The zero-order valence-electron chi connectivity index (χ0n) is 8.32. The third kappa shape index (κ3) is 4.76. The Morgan fingerprint density at radius 1 is 1.29 bits per heavy atom. The maximum Gasteiger partial charge on any atom is 0.472 e. The molecule has 0 saturated carbocycles. The largest absolute Gasteiger partial charge is 0.472 e. The van der Waals surface area contributed by atoms with Crippen molar-refractivity contribution in [2.24, 2.45) is 0 Å². The molecule has 10 nitrogen and oxygen atoms in total. The highest BCUT2D eigenvalue weighted by molar-refractivity contribution is 7.46. The number of aliphatic hydroxyl groups is 5. The topological polar surface area (TPSA) is 185 Å². The van der Waals surface area contributed by atoms with E-state index in [1.54, 1.807) is 0 Å². The van der Waals surface area contributed by atoms with Crippen molar-refractivity contribution in [2.45, 2.75) is 24.1 Å². The summed E-state index contributed by atoms with van der Waals surface area (Å²) in [6.45, 7) is -1.02. The van der Waals surface area contributed by atoms with Gasteiger partial charge in [0.2, 0.25) is 0 Å². The summed E-state index contributed by atoms with van der Waals surface area (Å²) < 4.78 is 14.0. The molecule has 0 heterocycles. The predicted octanol–water partition coefficient (Wildman–Crippen LogP) is -3.94. The summed E-state index contributed by atoms with van der Waals surface area (Å²) in [5, 5.41) is 45.0. The molecule has 0 bridgehead atoms. The lowest BCUT2D eigenvalue weighted by atomic mass is 10.0. The third-order valence-corrected chi connectivity index (χ3v) is 2.29. The monoisotopic (exact) mass is 276 g/mol. The molecule has 0 fully saturated rings. The summed E-state index contributed by atoms with van der Waals surface area (Å²) >= 11 is 0. The van der Waals surface area contributed by atoms with Crippen molar-refractivity contribution < 1.29 is 49.2 Å². The van der Waals surface area contributed by atoms with E-state index in [1.807, 2.05) is 0 Å². The molecule has 0 aliphatic rings. The average molecular weight is 276 g/mol. The van der Waals surface area contributed by atoms with Gasteiger partial charge in [0.25, 0.3) is 5.79 Å². The number of hydrogen-bond donors (Lipinski definition) is 7. The molecule has 0 aromatic carbocycles. The van der Waals surface area contributed by atoms with Gasteiger partial charge in [0, 0.05) is 0 Å². The minimum Gasteiger partial charge on any atom is -0.394 e. The fourth-order valence-corrected chi connectivity index (χ4v) is 1.43. The lowest BCUT2D eigenvalue weighted by Crippen LogP contribution is -2.55. The van der Waals surface area contributed by atoms with Gasteiger partial charge in [-0.25, -0.2) is 9.09 Å². The Morgan fingerprint density at radius 3 is 2.06 bits per heavy atom. The van der Waals surface area contributed by atoms with Gasteiger partial charge in [0.15, 0.2) is 6.29 Å². The second kappa shape index (κ2) is 5.96. The second-order valence-corrected chi connectivity index (χ2v) is 4.30. The van der Waals surface area contributed by atoms with Crippen LogP contribution in [0.15, 0.2) is 0 Å². The molecule has 17 heavy (non-hydrogen) atoms. The van der Waals surface area contributed by atoms with E-state index in [1.165, 1.54) is 0 Å². The molecular formula is C6H13O10P. The van der Waals surface area contributed by atoms with E-state index in [0.717, 1.165) is 0 Å². The first-order valence-electron chi connectivity index (χ1n) is 4.17. The minimum atomic E-state index is -5.33. The van der Waals surface area contributed by atoms with Gasteiger partial charge in [0.05, 0.1) is 6.61 Å². The van der Waals surface area contributed by atoms with E-state index >= 15 is 0 Å². The number of carbonyl (C=O) groups is 1. The summed E-state index contributed by atoms with van der Waals surface area (Å²) in [4.78, 5) is 27.2. The number of rotatable bonds is 7. The Balaban J connectivity index is 4.98. The van der Waals surface area contributed by atoms with Gasteiger partial charge < -0.3 is 35.3 Å². The van der Waals surface area contributed by atoms with E-state index in [2.05, 4.69) is 4.52 Å². The highest BCUT2D eigenvalue weighted by Crippen LogP contribution is 2.41. The van der Waals surface area contributed by atoms with E-state index in [0.29, 0.717) is 0 Å². The zero-order valence-corrected chi connectivity index (χ0v) is 9.21. The Hall–Kier alpha value is -0.420. The Bertz CT molecular complexity index is 301. The van der Waals surface area contributed by atoms with Crippen molar-refractivity contribution in [1.82, 2.24) is 0 Å². The van der Waals surface area contributed by atoms with Gasteiger partial charge in [0.1, 0.15) is 18.3 Å². The molecule has 0 spiro atoms. The molecule has 0 amide bonds. The first-order chi connectivity index (χ1) is 7.57. The molecule has 0 aliphatic carbocycles. The first-order valence-corrected chi connectivity index (χ1v) is 5.70. The number of aliphatic hydroxyl groups excluding tert-OH is 4. The van der Waals surface area contributed by atoms with Gasteiger partial charge in [-0.1, -0.05) is 0 Å². The molecule has 0 aromatic heterocycles. The maximum atomic E-state index is 10.4. The molecule has 7 N–H and O–H groups in total. The Morgan fingerprint density at radius 2 is 1.76 bits per heavy atom. The zero-order chi connectivity index (χ0) is 13.9. The van der Waals surface area contributed by atoms with E-state index in [4.69, 9.17) is 25.1 Å². The summed E-state index contributed by atoms with van der Waals surface area (Å²) in [7, 11) is -5.33. The van der Waals surface area contributed by atoms with Crippen LogP contribution in [0.5, 0.6) is 0 Å². The third-order valence-electron chi connectivity index (χ3n) is 1.76. The predicted molar refractivity (Wildman–Crippen MR) is 49.2 cm³/mol. The first kappa shape index (κ1) is 16.6. The Labute approximate surface area is 94.9 Å². The highest BCUT2D eigenvalue weighted by Gasteiger charge is 2.47. The summed E-state index contributed by atoms with van der Waals surface area (Å²) in [6, 6.07) is 0. The summed E-state index contributed by atoms with van der Waals surface area (Å²) in [5.74, 6) is -3.42. The lowest BCUT2D eigenvalue weighted by Gasteiger charge is -2.31. The van der Waals surface area contributed by atoms with Gasteiger partial charge >= 0.3 is 7.82 Å². The maximum absolute atomic E-state index is 10.4. The molecular weight excluding hydrogens is 263 g/mol. The van der Waals surface area contributed by atoms with Crippen LogP contribution in [0.2, 0.25) is 0 Å². The lowest BCUT2D eigenvalue weighted by molar-refractivity contribution is -0.230. The number of carbonyl (C=O) groups excluding carboxylic acids is 1. The van der Waals surface area contributed by atoms with Crippen molar-refractivity contribution in [3.8, 4) is 0 Å². The van der Waals surface area contributed by atoms with Crippen molar-refractivity contribution in [1.29, 1.82) is 0 Å². The minimum absolute atomic E-state index is 0.565. The number of phosphoric acid groups is 1. The van der Waals surface area contributed by atoms with Crippen LogP contribution >= 0.6 is 7.82 Å². The number of hydrogen-bond acceptors (Lipinski definition) is 8. The second-order valence-electron chi connectivity index (χ2n) is 3.14. The van der Waals surface area contributed by atoms with Crippen LogP contribution in [0.4, 0.5) is 0 Å². The van der Waals surface area contributed by atoms with Crippen LogP contribution in [-0.2, 0) is 13.9 Å². The molecule has 11 heteroatoms. The van der Waals surface area contributed by atoms with Crippen molar-refractivity contribution in [2.75, 3.05) is 6.61 Å². The highest BCUT2D eigenvalue weighted by atomic mass is 31.2. The van der Waals surface area contributed by atoms with Gasteiger partial charge in [-0.2, -0.15) is 0 Å². The fraction of sp³-hybridized carbons (Fsp3) is 0.833. The summed E-state index contributed by atoms with van der Waals surface area (Å²) in [6.07, 6.45) is -7.35. The van der Waals surface area contributed by atoms with Crippen LogP contribution in [0.25, 0.3) is 0 Å². The fourth-order valence-electron chi connectivity index (χ4n) is 0.899. The van der Waals surface area contributed by atoms with Crippen LogP contribution in [0.1, 0.15) is 0 Å². The molecule has 0 saturated heterocycles. The van der Waals surface area contributed by atoms with E-state index < -0.39 is 44.8 Å². The van der Waals surface area contributed by atoms with Crippen molar-refractivity contribution in [3.05, 3.63) is 0 Å². The van der Waals surface area contributed by atoms with Crippen molar-refractivity contribution in [3.63, 3.8) is 0 Å². The smallest absolute Gasteiger partial charge is 0.394 e. The molecule has 4 atom stereocenters. The Kier molecular flexibility index (Phi) is 5.81. The molecule has 0 aromatic rings. The van der Waals surface area contributed by atoms with Crippen LogP contribution in [0, 0.1) is 0 Å². The summed E-state index contributed by atoms with van der Waals surface area (Å²) in [5.41, 5.74) is 0. The molecule has 0 radical (unpaired) electrons. The molecule has 0 aliphatic heterocycles. The standard InChI is InChI=1S/C6H13O10P/c7-1-3(9)4(10)5(11)6(12,2-8)16-17(13,14)15/h2-5,7,9-12H,1H2,(H2,13,14,15)/t3-,4-,5+,6-/m1/s1. The van der Waals surface area contributed by atoms with E-state index in [9.17, 15) is 19.6 Å². The quantitative estimate of drug-likeness (QED) is 0.137. The van der Waals surface area contributed by atoms with Crippen LogP contribution < -0.4 is 0 Å². The SMILES string of the molecule is O=C[C@@](O)(OP(=O)(O)O)[C@@H](O)[C@H](O)[C@H](O)CO. The van der Waals surface area contributed by atoms with Crippen molar-refractivity contribution >= 4 is 14.1 Å². The number of aldehydes is 1. The molecule has 0 unspecified atom stereocenters. The average Bonchev–Trinajstić information content (AvgIpc) is 2.23. The van der Waals surface area contributed by atoms with E-state index in [-0.39, 0.29) is 0 Å². The number of phosphoric ester groups is 1. The van der Waals surface area contributed by atoms with Gasteiger partial charge in [-0.05, 0) is 0 Å².